The third-order valence-corrected chi connectivity index (χ3v) is 5.45. The van der Waals surface area contributed by atoms with Crippen LogP contribution in [0.25, 0.3) is 0 Å². The second-order valence-corrected chi connectivity index (χ2v) is 9.91. The molecule has 0 spiro atoms. The van der Waals surface area contributed by atoms with Gasteiger partial charge >= 0.3 is 14.3 Å². The van der Waals surface area contributed by atoms with Gasteiger partial charge in [0.2, 0.25) is 0 Å². The first kappa shape index (κ1) is 23.2. The van der Waals surface area contributed by atoms with Crippen molar-refractivity contribution in [3.63, 3.8) is 0 Å². The summed E-state index contributed by atoms with van der Waals surface area (Å²) in [5.41, 5.74) is -1.56. The van der Waals surface area contributed by atoms with E-state index in [9.17, 15) is 14.7 Å². The highest BCUT2D eigenvalue weighted by Gasteiger charge is 2.37. The summed E-state index contributed by atoms with van der Waals surface area (Å²) in [5.74, 6) is 0. The molecule has 2 heterocycles. The van der Waals surface area contributed by atoms with Gasteiger partial charge in [0.25, 0.3) is 5.56 Å². The number of hydrogen-bond acceptors (Lipinski definition) is 7. The van der Waals surface area contributed by atoms with Crippen molar-refractivity contribution in [2.24, 2.45) is 0 Å². The summed E-state index contributed by atoms with van der Waals surface area (Å²) in [6.07, 6.45) is -0.533. The molecule has 1 saturated heterocycles. The lowest BCUT2D eigenvalue weighted by atomic mass is 10.2. The molecule has 2 rings (SSSR count). The van der Waals surface area contributed by atoms with E-state index in [4.69, 9.17) is 18.3 Å². The molecule has 0 aromatic carbocycles. The second-order valence-electron chi connectivity index (χ2n) is 8.84. The molecule has 1 aromatic rings. The standard InChI is InChI=1S/C18H31N2O7P/c1-11-9-20(16(23)19-15(11)22)14-8-12(21)13(25-14)10-24-28(26-17(2,3)4)27-18(5,6)7/h9,12-14,21H,8,10H2,1-7H3,(H,19,22,23)/t12-,13+,14+/m0/s1. The Bertz CT molecular complexity index is 762. The smallest absolute Gasteiger partial charge is 0.333 e. The van der Waals surface area contributed by atoms with Crippen LogP contribution >= 0.6 is 8.60 Å². The zero-order valence-corrected chi connectivity index (χ0v) is 18.4. The molecule has 1 aliphatic rings. The molecule has 10 heteroatoms. The highest BCUT2D eigenvalue weighted by Crippen LogP contribution is 2.47. The van der Waals surface area contributed by atoms with Gasteiger partial charge in [-0.05, 0) is 48.5 Å². The molecule has 0 unspecified atom stereocenters. The predicted molar refractivity (Wildman–Crippen MR) is 105 cm³/mol. The van der Waals surface area contributed by atoms with Gasteiger partial charge < -0.3 is 23.4 Å². The molecule has 0 amide bonds. The molecule has 0 bridgehead atoms. The SMILES string of the molecule is Cc1cn([C@H]2C[C@H](O)[C@@H](COP(OC(C)(C)C)OC(C)(C)C)O2)c(=O)[nH]c1=O. The Morgan fingerprint density at radius 1 is 1.21 bits per heavy atom. The number of rotatable bonds is 6. The highest BCUT2D eigenvalue weighted by atomic mass is 31.2. The van der Waals surface area contributed by atoms with Crippen LogP contribution in [0.4, 0.5) is 0 Å². The van der Waals surface area contributed by atoms with Crippen LogP contribution in [-0.4, -0.2) is 44.7 Å². The number of aromatic amines is 1. The van der Waals surface area contributed by atoms with E-state index in [1.54, 1.807) is 6.92 Å². The predicted octanol–water partition coefficient (Wildman–Crippen LogP) is 2.37. The lowest BCUT2D eigenvalue weighted by Crippen LogP contribution is -2.33. The lowest BCUT2D eigenvalue weighted by molar-refractivity contribution is -0.0512. The Morgan fingerprint density at radius 3 is 2.32 bits per heavy atom. The zero-order chi connectivity index (χ0) is 21.3. The van der Waals surface area contributed by atoms with Gasteiger partial charge in [-0.3, -0.25) is 14.3 Å². The molecule has 1 aromatic heterocycles. The number of aliphatic hydroxyl groups excluding tert-OH is 1. The fourth-order valence-corrected chi connectivity index (χ4v) is 3.79. The molecular formula is C18H31N2O7P. The van der Waals surface area contributed by atoms with Crippen molar-refractivity contribution >= 4 is 8.60 Å². The normalized spacial score (nSPS) is 23.5. The maximum absolute atomic E-state index is 12.0. The van der Waals surface area contributed by atoms with Crippen LogP contribution < -0.4 is 11.2 Å². The van der Waals surface area contributed by atoms with Crippen LogP contribution in [0.2, 0.25) is 0 Å². The van der Waals surface area contributed by atoms with Gasteiger partial charge in [-0.25, -0.2) is 4.79 Å². The second kappa shape index (κ2) is 8.73. The number of aliphatic hydroxyl groups is 1. The van der Waals surface area contributed by atoms with Gasteiger partial charge in [-0.1, -0.05) is 0 Å². The molecule has 160 valence electrons. The van der Waals surface area contributed by atoms with Crippen molar-refractivity contribution < 1.29 is 23.4 Å². The van der Waals surface area contributed by atoms with E-state index in [0.29, 0.717) is 5.56 Å². The van der Waals surface area contributed by atoms with Gasteiger partial charge in [0.05, 0.1) is 23.9 Å². The minimum Gasteiger partial charge on any atom is -0.390 e. The Balaban J connectivity index is 2.05. The van der Waals surface area contributed by atoms with E-state index in [0.717, 1.165) is 0 Å². The summed E-state index contributed by atoms with van der Waals surface area (Å²) >= 11 is 0. The van der Waals surface area contributed by atoms with E-state index >= 15 is 0 Å². The molecule has 1 fully saturated rings. The lowest BCUT2D eigenvalue weighted by Gasteiger charge is -2.31. The molecule has 0 radical (unpaired) electrons. The Morgan fingerprint density at radius 2 is 1.79 bits per heavy atom. The Hall–Kier alpha value is -1.09. The zero-order valence-electron chi connectivity index (χ0n) is 17.5. The average Bonchev–Trinajstić information content (AvgIpc) is 2.86. The van der Waals surface area contributed by atoms with Gasteiger partial charge in [0.1, 0.15) is 12.3 Å². The van der Waals surface area contributed by atoms with Crippen LogP contribution in [0.15, 0.2) is 15.8 Å². The molecule has 2 N–H and O–H groups in total. The van der Waals surface area contributed by atoms with Crippen molar-refractivity contribution in [3.8, 4) is 0 Å². The van der Waals surface area contributed by atoms with E-state index in [1.165, 1.54) is 10.8 Å². The van der Waals surface area contributed by atoms with Crippen molar-refractivity contribution in [2.75, 3.05) is 6.61 Å². The van der Waals surface area contributed by atoms with E-state index in [-0.39, 0.29) is 13.0 Å². The minimum atomic E-state index is -1.66. The summed E-state index contributed by atoms with van der Waals surface area (Å²) in [4.78, 5) is 25.8. The summed E-state index contributed by atoms with van der Waals surface area (Å²) in [7, 11) is -1.66. The maximum atomic E-state index is 12.0. The third kappa shape index (κ3) is 6.76. The number of H-pyrrole nitrogens is 1. The first-order valence-corrected chi connectivity index (χ1v) is 10.3. The first-order valence-electron chi connectivity index (χ1n) is 9.22. The quantitative estimate of drug-likeness (QED) is 0.682. The van der Waals surface area contributed by atoms with Gasteiger partial charge in [-0.2, -0.15) is 0 Å². The van der Waals surface area contributed by atoms with Crippen molar-refractivity contribution in [2.45, 2.75) is 84.5 Å². The van der Waals surface area contributed by atoms with E-state index in [2.05, 4.69) is 4.98 Å². The monoisotopic (exact) mass is 418 g/mol. The van der Waals surface area contributed by atoms with Gasteiger partial charge in [-0.15, -0.1) is 0 Å². The van der Waals surface area contributed by atoms with Crippen LogP contribution in [0.5, 0.6) is 0 Å². The third-order valence-electron chi connectivity index (χ3n) is 3.70. The van der Waals surface area contributed by atoms with Crippen LogP contribution in [0.3, 0.4) is 0 Å². The highest BCUT2D eigenvalue weighted by molar-refractivity contribution is 7.41. The van der Waals surface area contributed by atoms with E-state index in [1.807, 2.05) is 41.5 Å². The summed E-state index contributed by atoms with van der Waals surface area (Å²) in [6.45, 7) is 13.1. The molecule has 9 nitrogen and oxygen atoms in total. The maximum Gasteiger partial charge on any atom is 0.333 e. The Labute approximate surface area is 166 Å². The molecule has 0 saturated carbocycles. The Kier molecular flexibility index (Phi) is 7.23. The van der Waals surface area contributed by atoms with Crippen LogP contribution in [-0.2, 0) is 18.3 Å². The van der Waals surface area contributed by atoms with Crippen molar-refractivity contribution in [3.05, 3.63) is 32.6 Å². The molecule has 0 aliphatic carbocycles. The summed E-state index contributed by atoms with van der Waals surface area (Å²) in [5, 5.41) is 10.3. The fraction of sp³-hybridized carbons (Fsp3) is 0.778. The number of nitrogens with zero attached hydrogens (tertiary/aromatic N) is 1. The summed E-state index contributed by atoms with van der Waals surface area (Å²) < 4.78 is 24.6. The van der Waals surface area contributed by atoms with Crippen LogP contribution in [0, 0.1) is 6.92 Å². The number of nitrogens with one attached hydrogen (secondary N) is 1. The molecule has 3 atom stereocenters. The molecule has 1 aliphatic heterocycles. The average molecular weight is 418 g/mol. The van der Waals surface area contributed by atoms with Gasteiger partial charge in [0, 0.05) is 18.2 Å². The van der Waals surface area contributed by atoms with Crippen molar-refractivity contribution in [1.82, 2.24) is 9.55 Å². The number of ether oxygens (including phenoxy) is 1. The van der Waals surface area contributed by atoms with Crippen molar-refractivity contribution in [1.29, 1.82) is 0 Å². The first-order chi connectivity index (χ1) is 12.7. The number of aryl methyl sites for hydroxylation is 1. The summed E-state index contributed by atoms with van der Waals surface area (Å²) in [6, 6.07) is 0. The fourth-order valence-electron chi connectivity index (χ4n) is 2.49. The van der Waals surface area contributed by atoms with E-state index < -0.39 is 49.5 Å². The topological polar surface area (TPSA) is 112 Å². The number of aromatic nitrogens is 2. The largest absolute Gasteiger partial charge is 0.390 e. The molecule has 28 heavy (non-hydrogen) atoms. The minimum absolute atomic E-state index is 0.0482. The number of hydrogen-bond donors (Lipinski definition) is 2. The van der Waals surface area contributed by atoms with Crippen LogP contribution in [0.1, 0.15) is 59.8 Å². The van der Waals surface area contributed by atoms with Gasteiger partial charge in [0.15, 0.2) is 0 Å². The molecular weight excluding hydrogens is 387 g/mol.